The predicted molar refractivity (Wildman–Crippen MR) is 61.9 cm³/mol. The Balaban J connectivity index is 2.74. The highest BCUT2D eigenvalue weighted by molar-refractivity contribution is 5.93. The maximum absolute atomic E-state index is 12.0. The van der Waals surface area contributed by atoms with E-state index in [4.69, 9.17) is 0 Å². The van der Waals surface area contributed by atoms with Crippen molar-refractivity contribution in [3.05, 3.63) is 6.33 Å². The molecule has 6 nitrogen and oxygen atoms in total. The van der Waals surface area contributed by atoms with Gasteiger partial charge in [-0.2, -0.15) is 0 Å². The molecule has 16 heavy (non-hydrogen) atoms. The number of hydrogen-bond acceptors (Lipinski definition) is 4. The van der Waals surface area contributed by atoms with Crippen LogP contribution in [0.4, 0.5) is 5.95 Å². The molecule has 6 heteroatoms. The molecule has 0 aromatic carbocycles. The number of nitrogens with zero attached hydrogens (tertiary/aromatic N) is 4. The zero-order valence-electron chi connectivity index (χ0n) is 10.4. The number of carbonyl (C=O) groups excluding carboxylic acids is 1. The van der Waals surface area contributed by atoms with Crippen LogP contribution < -0.4 is 5.32 Å². The molecule has 0 unspecified atom stereocenters. The summed E-state index contributed by atoms with van der Waals surface area (Å²) in [7, 11) is 5.57. The summed E-state index contributed by atoms with van der Waals surface area (Å²) in [6.45, 7) is 4.03. The summed E-state index contributed by atoms with van der Waals surface area (Å²) in [5, 5.41) is 10.3. The van der Waals surface area contributed by atoms with Crippen molar-refractivity contribution in [2.75, 3.05) is 19.4 Å². The molecule has 1 rings (SSSR count). The Labute approximate surface area is 95.6 Å². The van der Waals surface area contributed by atoms with Crippen molar-refractivity contribution in [1.29, 1.82) is 0 Å². The molecule has 1 aromatic heterocycles. The summed E-state index contributed by atoms with van der Waals surface area (Å²) in [5.74, 6) is 0.650. The molecule has 0 bridgehead atoms. The number of hydrogen-bond donors (Lipinski definition) is 1. The molecule has 0 aliphatic rings. The van der Waals surface area contributed by atoms with Gasteiger partial charge in [-0.25, -0.2) is 0 Å². The highest BCUT2D eigenvalue weighted by Gasteiger charge is 2.25. The van der Waals surface area contributed by atoms with Crippen LogP contribution in [0.5, 0.6) is 0 Å². The highest BCUT2D eigenvalue weighted by atomic mass is 16.2. The Morgan fingerprint density at radius 2 is 2.12 bits per heavy atom. The molecule has 0 aliphatic heterocycles. The van der Waals surface area contributed by atoms with Crippen LogP contribution in [-0.2, 0) is 11.8 Å². The fourth-order valence-electron chi connectivity index (χ4n) is 1.71. The largest absolute Gasteiger partial charge is 0.303 e. The first kappa shape index (κ1) is 12.6. The molecular formula is C10H19N5O. The molecule has 1 amide bonds. The van der Waals surface area contributed by atoms with Gasteiger partial charge in [0.15, 0.2) is 0 Å². The number of aryl methyl sites for hydroxylation is 1. The number of aromatic nitrogens is 3. The van der Waals surface area contributed by atoms with E-state index >= 15 is 0 Å². The van der Waals surface area contributed by atoms with E-state index in [1.54, 1.807) is 17.9 Å². The molecular weight excluding hydrogens is 206 g/mol. The summed E-state index contributed by atoms with van der Waals surface area (Å²) in [6, 6.07) is -0.170. The maximum atomic E-state index is 12.0. The van der Waals surface area contributed by atoms with Crippen LogP contribution in [0.1, 0.15) is 13.8 Å². The Morgan fingerprint density at radius 3 is 2.50 bits per heavy atom. The molecule has 1 N–H and O–H groups in total. The molecule has 0 saturated carbocycles. The Morgan fingerprint density at radius 1 is 1.50 bits per heavy atom. The minimum atomic E-state index is -0.170. The predicted octanol–water partition coefficient (Wildman–Crippen LogP) is 0.340. The molecule has 0 aliphatic carbocycles. The van der Waals surface area contributed by atoms with Crippen LogP contribution in [-0.4, -0.2) is 45.7 Å². The monoisotopic (exact) mass is 225 g/mol. The standard InChI is InChI=1S/C10H19N5O/c1-7(2)8(14(3)4)9(16)12-10-13-11-6-15(10)5/h6-8H,1-5H3,(H,12,13,16)/t8-/m0/s1. The first-order valence-corrected chi connectivity index (χ1v) is 5.24. The van der Waals surface area contributed by atoms with Crippen molar-refractivity contribution in [2.45, 2.75) is 19.9 Å². The number of rotatable bonds is 4. The third-order valence-corrected chi connectivity index (χ3v) is 2.40. The van der Waals surface area contributed by atoms with E-state index < -0.39 is 0 Å². The smallest absolute Gasteiger partial charge is 0.244 e. The molecule has 0 radical (unpaired) electrons. The molecule has 0 spiro atoms. The van der Waals surface area contributed by atoms with Gasteiger partial charge in [0, 0.05) is 7.05 Å². The second-order valence-electron chi connectivity index (χ2n) is 4.41. The lowest BCUT2D eigenvalue weighted by Gasteiger charge is -2.26. The number of carbonyl (C=O) groups is 1. The fourth-order valence-corrected chi connectivity index (χ4v) is 1.71. The molecule has 1 atom stereocenters. The van der Waals surface area contributed by atoms with E-state index in [1.807, 2.05) is 32.8 Å². The first-order valence-electron chi connectivity index (χ1n) is 5.24. The summed E-state index contributed by atoms with van der Waals surface area (Å²) in [4.78, 5) is 13.9. The zero-order chi connectivity index (χ0) is 12.3. The maximum Gasteiger partial charge on any atom is 0.244 e. The van der Waals surface area contributed by atoms with Gasteiger partial charge in [-0.3, -0.25) is 15.0 Å². The number of anilines is 1. The minimum absolute atomic E-state index is 0.0592. The lowest BCUT2D eigenvalue weighted by molar-refractivity contribution is -0.121. The van der Waals surface area contributed by atoms with Gasteiger partial charge in [0.05, 0.1) is 6.04 Å². The highest BCUT2D eigenvalue weighted by Crippen LogP contribution is 2.10. The fraction of sp³-hybridized carbons (Fsp3) is 0.700. The van der Waals surface area contributed by atoms with Crippen molar-refractivity contribution < 1.29 is 4.79 Å². The van der Waals surface area contributed by atoms with Crippen LogP contribution in [0.3, 0.4) is 0 Å². The van der Waals surface area contributed by atoms with Gasteiger partial charge in [-0.1, -0.05) is 13.8 Å². The van der Waals surface area contributed by atoms with Crippen molar-refractivity contribution in [2.24, 2.45) is 13.0 Å². The van der Waals surface area contributed by atoms with Crippen LogP contribution in [0, 0.1) is 5.92 Å². The van der Waals surface area contributed by atoms with Gasteiger partial charge in [-0.05, 0) is 20.0 Å². The number of amides is 1. The van der Waals surface area contributed by atoms with Gasteiger partial charge < -0.3 is 4.57 Å². The van der Waals surface area contributed by atoms with E-state index in [0.717, 1.165) is 0 Å². The van der Waals surface area contributed by atoms with E-state index in [9.17, 15) is 4.79 Å². The number of likely N-dealkylation sites (N-methyl/N-ethyl adjacent to an activating group) is 1. The topological polar surface area (TPSA) is 63.1 Å². The van der Waals surface area contributed by atoms with Crippen LogP contribution in [0.25, 0.3) is 0 Å². The lowest BCUT2D eigenvalue weighted by atomic mass is 10.0. The third-order valence-electron chi connectivity index (χ3n) is 2.40. The summed E-state index contributed by atoms with van der Waals surface area (Å²) >= 11 is 0. The second-order valence-corrected chi connectivity index (χ2v) is 4.41. The summed E-state index contributed by atoms with van der Waals surface area (Å²) in [5.41, 5.74) is 0. The first-order chi connectivity index (χ1) is 7.43. The van der Waals surface area contributed by atoms with E-state index in [-0.39, 0.29) is 17.9 Å². The molecule has 1 aromatic rings. The molecule has 0 saturated heterocycles. The van der Waals surface area contributed by atoms with Crippen molar-refractivity contribution in [1.82, 2.24) is 19.7 Å². The van der Waals surface area contributed by atoms with E-state index in [2.05, 4.69) is 15.5 Å². The quantitative estimate of drug-likeness (QED) is 0.802. The van der Waals surface area contributed by atoms with Crippen LogP contribution in [0.2, 0.25) is 0 Å². The molecule has 90 valence electrons. The lowest BCUT2D eigenvalue weighted by Crippen LogP contribution is -2.43. The SMILES string of the molecule is CC(C)[C@@H](C(=O)Nc1nncn1C)N(C)C. The normalized spacial score (nSPS) is 13.2. The average Bonchev–Trinajstić information content (AvgIpc) is 2.50. The Bertz CT molecular complexity index is 350. The zero-order valence-corrected chi connectivity index (χ0v) is 10.4. The summed E-state index contributed by atoms with van der Waals surface area (Å²) in [6.07, 6.45) is 1.55. The Hall–Kier alpha value is -1.43. The van der Waals surface area contributed by atoms with Gasteiger partial charge >= 0.3 is 0 Å². The minimum Gasteiger partial charge on any atom is -0.303 e. The summed E-state index contributed by atoms with van der Waals surface area (Å²) < 4.78 is 1.67. The van der Waals surface area contributed by atoms with E-state index in [0.29, 0.717) is 5.95 Å². The van der Waals surface area contributed by atoms with Crippen molar-refractivity contribution >= 4 is 11.9 Å². The van der Waals surface area contributed by atoms with Gasteiger partial charge in [0.25, 0.3) is 0 Å². The third kappa shape index (κ3) is 2.79. The number of nitrogens with one attached hydrogen (secondary N) is 1. The van der Waals surface area contributed by atoms with Crippen LogP contribution >= 0.6 is 0 Å². The van der Waals surface area contributed by atoms with Gasteiger partial charge in [0.2, 0.25) is 11.9 Å². The van der Waals surface area contributed by atoms with Crippen molar-refractivity contribution in [3.8, 4) is 0 Å². The van der Waals surface area contributed by atoms with Gasteiger partial charge in [-0.15, -0.1) is 10.2 Å². The molecule has 1 heterocycles. The van der Waals surface area contributed by atoms with E-state index in [1.165, 1.54) is 0 Å². The average molecular weight is 225 g/mol. The molecule has 0 fully saturated rings. The second kappa shape index (κ2) is 5.07. The van der Waals surface area contributed by atoms with Crippen molar-refractivity contribution in [3.63, 3.8) is 0 Å². The van der Waals surface area contributed by atoms with Crippen LogP contribution in [0.15, 0.2) is 6.33 Å². The Kier molecular flexibility index (Phi) is 4.00. The van der Waals surface area contributed by atoms with Gasteiger partial charge in [0.1, 0.15) is 6.33 Å².